The molecule has 1 aliphatic carbocycles. The van der Waals surface area contributed by atoms with Crippen molar-refractivity contribution in [3.63, 3.8) is 0 Å². The summed E-state index contributed by atoms with van der Waals surface area (Å²) in [6.45, 7) is 7.69. The fourth-order valence-corrected chi connectivity index (χ4v) is 4.51. The third kappa shape index (κ3) is 10.0. The van der Waals surface area contributed by atoms with E-state index in [1.54, 1.807) is 14.0 Å². The predicted octanol–water partition coefficient (Wildman–Crippen LogP) is 4.99. The van der Waals surface area contributed by atoms with E-state index in [0.717, 1.165) is 37.0 Å². The van der Waals surface area contributed by atoms with Gasteiger partial charge in [-0.15, -0.1) is 35.3 Å². The monoisotopic (exact) mass is 566 g/mol. The highest BCUT2D eigenvalue weighted by atomic mass is 127. The third-order valence-electron chi connectivity index (χ3n) is 5.24. The lowest BCUT2D eigenvalue weighted by molar-refractivity contribution is 0.0411. The Bertz CT molecular complexity index is 676. The van der Waals surface area contributed by atoms with Gasteiger partial charge in [0.15, 0.2) is 5.96 Å². The van der Waals surface area contributed by atoms with E-state index in [0.29, 0.717) is 23.3 Å². The van der Waals surface area contributed by atoms with Gasteiger partial charge >= 0.3 is 5.97 Å². The molecule has 7 nitrogen and oxygen atoms in total. The molecule has 0 bridgehead atoms. The molecule has 1 heterocycles. The minimum absolute atomic E-state index is 0. The molecule has 0 aromatic carbocycles. The molecule has 9 heteroatoms. The average Bonchev–Trinajstić information content (AvgIpc) is 2.95. The zero-order chi connectivity index (χ0) is 21.8. The number of carbonyl (C=O) groups excluding carboxylic acids is 1. The Balaban J connectivity index is 0.00000480. The molecule has 1 aromatic heterocycles. The number of esters is 1. The minimum Gasteiger partial charge on any atom is -0.462 e. The predicted molar refractivity (Wildman–Crippen MR) is 138 cm³/mol. The van der Waals surface area contributed by atoms with Gasteiger partial charge in [0, 0.05) is 20.2 Å². The Morgan fingerprint density at radius 1 is 1.26 bits per heavy atom. The summed E-state index contributed by atoms with van der Waals surface area (Å²) in [6.07, 6.45) is 10.3. The molecule has 1 aromatic rings. The summed E-state index contributed by atoms with van der Waals surface area (Å²) in [6, 6.07) is -0.0540. The molecule has 1 saturated carbocycles. The molecule has 0 aliphatic heterocycles. The number of hydrogen-bond acceptors (Lipinski definition) is 6. The van der Waals surface area contributed by atoms with Crippen LogP contribution in [0.1, 0.15) is 91.6 Å². The number of rotatable bonds is 10. The average molecular weight is 567 g/mol. The van der Waals surface area contributed by atoms with Gasteiger partial charge in [0.2, 0.25) is 0 Å². The lowest BCUT2D eigenvalue weighted by Crippen LogP contribution is -2.39. The Morgan fingerprint density at radius 2 is 1.97 bits per heavy atom. The van der Waals surface area contributed by atoms with Crippen molar-refractivity contribution in [3.05, 3.63) is 15.6 Å². The quantitative estimate of drug-likeness (QED) is 0.104. The molecule has 178 valence electrons. The van der Waals surface area contributed by atoms with Gasteiger partial charge in [0.05, 0.1) is 24.4 Å². The summed E-state index contributed by atoms with van der Waals surface area (Å²) in [5, 5.41) is 7.54. The van der Waals surface area contributed by atoms with Crippen LogP contribution in [-0.4, -0.2) is 49.8 Å². The van der Waals surface area contributed by atoms with E-state index in [-0.39, 0.29) is 36.0 Å². The van der Waals surface area contributed by atoms with Gasteiger partial charge in [-0.2, -0.15) is 0 Å². The normalized spacial score (nSPS) is 16.2. The fourth-order valence-electron chi connectivity index (χ4n) is 3.54. The first-order valence-electron chi connectivity index (χ1n) is 11.3. The zero-order valence-corrected chi connectivity index (χ0v) is 22.5. The van der Waals surface area contributed by atoms with E-state index < -0.39 is 0 Å². The topological polar surface area (TPSA) is 84.8 Å². The maximum atomic E-state index is 12.0. The Labute approximate surface area is 208 Å². The Morgan fingerprint density at radius 3 is 2.61 bits per heavy atom. The maximum Gasteiger partial charge on any atom is 0.350 e. The Kier molecular flexibility index (Phi) is 14.3. The minimum atomic E-state index is -0.306. The van der Waals surface area contributed by atoms with Crippen molar-refractivity contribution in [3.8, 4) is 0 Å². The number of hydrogen-bond donors (Lipinski definition) is 2. The number of nitrogens with one attached hydrogen (secondary N) is 2. The maximum absolute atomic E-state index is 12.0. The third-order valence-corrected chi connectivity index (χ3v) is 6.56. The molecule has 1 atom stereocenters. The highest BCUT2D eigenvalue weighted by Crippen LogP contribution is 2.24. The van der Waals surface area contributed by atoms with Crippen LogP contribution < -0.4 is 10.6 Å². The van der Waals surface area contributed by atoms with Crippen molar-refractivity contribution in [1.82, 2.24) is 15.6 Å². The standard InChI is InChI=1S/C22H38N4O3S.HI/c1-5-28-21(27)19-16(2)25-20(30-19)17(3)26-22(23-4)24-14-10-11-15-29-18-12-8-6-7-9-13-18;/h17-18H,5-15H2,1-4H3,(H2,23,24,26);1H. The highest BCUT2D eigenvalue weighted by Gasteiger charge is 2.20. The number of thiazole rings is 1. The van der Waals surface area contributed by atoms with Crippen molar-refractivity contribution in [1.29, 1.82) is 0 Å². The van der Waals surface area contributed by atoms with E-state index in [4.69, 9.17) is 9.47 Å². The van der Waals surface area contributed by atoms with Crippen LogP contribution in [0.25, 0.3) is 0 Å². The van der Waals surface area contributed by atoms with Crippen molar-refractivity contribution in [2.75, 3.05) is 26.8 Å². The second-order valence-corrected chi connectivity index (χ2v) is 8.77. The first-order valence-corrected chi connectivity index (χ1v) is 12.1. The van der Waals surface area contributed by atoms with E-state index in [2.05, 4.69) is 20.6 Å². The van der Waals surface area contributed by atoms with Gasteiger partial charge in [-0.1, -0.05) is 25.7 Å². The molecular weight excluding hydrogens is 527 g/mol. The van der Waals surface area contributed by atoms with Gasteiger partial charge in [0.1, 0.15) is 9.88 Å². The molecule has 1 aliphatic rings. The molecular formula is C22H39IN4O3S. The van der Waals surface area contributed by atoms with Crippen molar-refractivity contribution >= 4 is 47.2 Å². The zero-order valence-electron chi connectivity index (χ0n) is 19.4. The van der Waals surface area contributed by atoms with E-state index in [1.165, 1.54) is 49.9 Å². The van der Waals surface area contributed by atoms with Crippen LogP contribution in [0.2, 0.25) is 0 Å². The van der Waals surface area contributed by atoms with E-state index in [9.17, 15) is 4.79 Å². The number of carbonyl (C=O) groups is 1. The molecule has 0 spiro atoms. The summed E-state index contributed by atoms with van der Waals surface area (Å²) in [5.74, 6) is 0.428. The summed E-state index contributed by atoms with van der Waals surface area (Å²) >= 11 is 1.37. The van der Waals surface area contributed by atoms with Gasteiger partial charge in [0.25, 0.3) is 0 Å². The first-order chi connectivity index (χ1) is 14.5. The number of aryl methyl sites for hydroxylation is 1. The number of nitrogens with zero attached hydrogens (tertiary/aromatic N) is 2. The molecule has 0 saturated heterocycles. The number of guanidine groups is 1. The second kappa shape index (κ2) is 15.8. The molecule has 31 heavy (non-hydrogen) atoms. The summed E-state index contributed by atoms with van der Waals surface area (Å²) in [4.78, 5) is 21.4. The summed E-state index contributed by atoms with van der Waals surface area (Å²) in [7, 11) is 1.76. The van der Waals surface area contributed by atoms with Crippen molar-refractivity contribution < 1.29 is 14.3 Å². The van der Waals surface area contributed by atoms with Crippen molar-refractivity contribution in [2.45, 2.75) is 84.3 Å². The molecule has 0 radical (unpaired) electrons. The largest absolute Gasteiger partial charge is 0.462 e. The number of aromatic nitrogens is 1. The Hall–Kier alpha value is -0.940. The van der Waals surface area contributed by atoms with Crippen LogP contribution in [0.15, 0.2) is 4.99 Å². The molecule has 2 rings (SSSR count). The molecule has 1 unspecified atom stereocenters. The second-order valence-electron chi connectivity index (χ2n) is 7.74. The number of aliphatic imine (C=N–C) groups is 1. The SMILES string of the molecule is CCOC(=O)c1sc(C(C)NC(=NC)NCCCCOC2CCCCCC2)nc1C.I. The molecule has 2 N–H and O–H groups in total. The van der Waals surface area contributed by atoms with Gasteiger partial charge < -0.3 is 20.1 Å². The first kappa shape index (κ1) is 28.1. The van der Waals surface area contributed by atoms with Gasteiger partial charge in [-0.05, 0) is 46.5 Å². The summed E-state index contributed by atoms with van der Waals surface area (Å²) in [5.41, 5.74) is 0.707. The van der Waals surface area contributed by atoms with Crippen LogP contribution in [0.3, 0.4) is 0 Å². The lowest BCUT2D eigenvalue weighted by atomic mass is 10.1. The highest BCUT2D eigenvalue weighted by molar-refractivity contribution is 14.0. The number of ether oxygens (including phenoxy) is 2. The lowest BCUT2D eigenvalue weighted by Gasteiger charge is -2.17. The van der Waals surface area contributed by atoms with Gasteiger partial charge in [-0.3, -0.25) is 4.99 Å². The van der Waals surface area contributed by atoms with Crippen LogP contribution in [0, 0.1) is 6.92 Å². The number of halogens is 1. The van der Waals surface area contributed by atoms with E-state index >= 15 is 0 Å². The van der Waals surface area contributed by atoms with E-state index in [1.807, 2.05) is 13.8 Å². The smallest absolute Gasteiger partial charge is 0.350 e. The summed E-state index contributed by atoms with van der Waals surface area (Å²) < 4.78 is 11.1. The number of unbranched alkanes of at least 4 members (excludes halogenated alkanes) is 1. The van der Waals surface area contributed by atoms with Crippen LogP contribution in [0.5, 0.6) is 0 Å². The molecule has 0 amide bonds. The van der Waals surface area contributed by atoms with Crippen LogP contribution in [0.4, 0.5) is 0 Å². The van der Waals surface area contributed by atoms with Gasteiger partial charge in [-0.25, -0.2) is 9.78 Å². The van der Waals surface area contributed by atoms with Crippen LogP contribution in [-0.2, 0) is 9.47 Å². The fraction of sp³-hybridized carbons (Fsp3) is 0.773. The van der Waals surface area contributed by atoms with Crippen molar-refractivity contribution in [2.24, 2.45) is 4.99 Å². The van der Waals surface area contributed by atoms with Crippen LogP contribution >= 0.6 is 35.3 Å². The molecule has 1 fully saturated rings.